The number of aromatic nitrogens is 3. The van der Waals surface area contributed by atoms with Crippen molar-refractivity contribution in [3.8, 4) is 0 Å². The Hall–Kier alpha value is -2.99. The summed E-state index contributed by atoms with van der Waals surface area (Å²) >= 11 is 0. The molecule has 1 atom stereocenters. The molecule has 0 aliphatic heterocycles. The number of nitrogens with zero attached hydrogens (tertiary/aromatic N) is 3. The Morgan fingerprint density at radius 1 is 1.24 bits per heavy atom. The Morgan fingerprint density at radius 2 is 2.04 bits per heavy atom. The second-order valence-electron chi connectivity index (χ2n) is 5.79. The molecule has 3 rings (SSSR count). The van der Waals surface area contributed by atoms with E-state index in [1.807, 2.05) is 54.1 Å². The molecule has 0 radical (unpaired) electrons. The fraction of sp³-hybridized carbons (Fsp3) is 0.211. The number of anilines is 1. The Balaban J connectivity index is 1.67. The number of aliphatic hydroxyl groups excluding tert-OH is 1. The summed E-state index contributed by atoms with van der Waals surface area (Å²) in [6.07, 6.45) is 7.20. The summed E-state index contributed by atoms with van der Waals surface area (Å²) in [6.45, 7) is 1.87. The quantitative estimate of drug-likeness (QED) is 0.724. The monoisotopic (exact) mass is 336 g/mol. The highest BCUT2D eigenvalue weighted by Crippen LogP contribution is 2.21. The first-order valence-corrected chi connectivity index (χ1v) is 8.06. The summed E-state index contributed by atoms with van der Waals surface area (Å²) in [7, 11) is 0. The molecule has 1 amide bonds. The van der Waals surface area contributed by atoms with Gasteiger partial charge in [-0.2, -0.15) is 0 Å². The summed E-state index contributed by atoms with van der Waals surface area (Å²) in [5.41, 5.74) is 2.54. The van der Waals surface area contributed by atoms with Crippen LogP contribution < -0.4 is 5.32 Å². The highest BCUT2D eigenvalue weighted by molar-refractivity contribution is 5.92. The van der Waals surface area contributed by atoms with Crippen molar-refractivity contribution in [1.29, 1.82) is 0 Å². The largest absolute Gasteiger partial charge is 0.394 e. The minimum absolute atomic E-state index is 0.0239. The number of hydrogen-bond donors (Lipinski definition) is 2. The number of amides is 1. The lowest BCUT2D eigenvalue weighted by Gasteiger charge is -2.18. The van der Waals surface area contributed by atoms with E-state index < -0.39 is 0 Å². The van der Waals surface area contributed by atoms with Crippen LogP contribution in [0.25, 0.3) is 0 Å². The number of pyridine rings is 1. The van der Waals surface area contributed by atoms with Crippen LogP contribution in [0, 0.1) is 6.92 Å². The molecule has 6 nitrogen and oxygen atoms in total. The minimum atomic E-state index is -0.192. The third-order valence-electron chi connectivity index (χ3n) is 4.04. The predicted molar refractivity (Wildman–Crippen MR) is 95.2 cm³/mol. The van der Waals surface area contributed by atoms with E-state index in [-0.39, 0.29) is 25.0 Å². The standard InChI is InChI=1S/C19H20N4O2/c1-14-21-9-10-23(14)18(13-24)16-4-6-17(7-5-16)22-19(25)11-15-3-2-8-20-12-15/h2-10,12,18,24H,11,13H2,1H3,(H,22,25)/t18-/m1/s1. The van der Waals surface area contributed by atoms with Crippen molar-refractivity contribution >= 4 is 11.6 Å². The highest BCUT2D eigenvalue weighted by Gasteiger charge is 2.14. The Morgan fingerprint density at radius 3 is 2.64 bits per heavy atom. The van der Waals surface area contributed by atoms with Gasteiger partial charge in [0, 0.05) is 30.5 Å². The highest BCUT2D eigenvalue weighted by atomic mass is 16.3. The van der Waals surface area contributed by atoms with Crippen molar-refractivity contribution in [2.75, 3.05) is 11.9 Å². The number of aryl methyl sites for hydroxylation is 1. The van der Waals surface area contributed by atoms with Crippen LogP contribution in [-0.4, -0.2) is 32.2 Å². The molecule has 0 aliphatic carbocycles. The van der Waals surface area contributed by atoms with Gasteiger partial charge in [-0.05, 0) is 36.2 Å². The van der Waals surface area contributed by atoms with Gasteiger partial charge in [0.1, 0.15) is 5.82 Å². The first-order chi connectivity index (χ1) is 12.2. The smallest absolute Gasteiger partial charge is 0.228 e. The van der Waals surface area contributed by atoms with Crippen molar-refractivity contribution in [3.63, 3.8) is 0 Å². The van der Waals surface area contributed by atoms with Crippen LogP contribution in [0.2, 0.25) is 0 Å². The summed E-state index contributed by atoms with van der Waals surface area (Å²) in [5, 5.41) is 12.6. The number of carbonyl (C=O) groups excluding carboxylic acids is 1. The topological polar surface area (TPSA) is 80.0 Å². The van der Waals surface area contributed by atoms with Crippen LogP contribution in [0.4, 0.5) is 5.69 Å². The van der Waals surface area contributed by atoms with Crippen molar-refractivity contribution in [1.82, 2.24) is 14.5 Å². The lowest BCUT2D eigenvalue weighted by Crippen LogP contribution is -2.16. The SMILES string of the molecule is Cc1nccn1[C@H](CO)c1ccc(NC(=O)Cc2cccnc2)cc1. The first-order valence-electron chi connectivity index (χ1n) is 8.06. The molecule has 0 spiro atoms. The molecule has 1 aromatic carbocycles. The van der Waals surface area contributed by atoms with Gasteiger partial charge < -0.3 is 15.0 Å². The summed E-state index contributed by atoms with van der Waals surface area (Å²) in [6, 6.07) is 11.0. The third-order valence-corrected chi connectivity index (χ3v) is 4.04. The number of hydrogen-bond acceptors (Lipinski definition) is 4. The molecule has 0 unspecified atom stereocenters. The van der Waals surface area contributed by atoms with Gasteiger partial charge in [-0.3, -0.25) is 9.78 Å². The van der Waals surface area contributed by atoms with Crippen LogP contribution >= 0.6 is 0 Å². The van der Waals surface area contributed by atoms with Gasteiger partial charge in [0.2, 0.25) is 5.91 Å². The second-order valence-corrected chi connectivity index (χ2v) is 5.79. The molecule has 3 aromatic rings. The van der Waals surface area contributed by atoms with Gasteiger partial charge in [-0.25, -0.2) is 4.98 Å². The maximum Gasteiger partial charge on any atom is 0.228 e. The second kappa shape index (κ2) is 7.72. The Labute approximate surface area is 146 Å². The minimum Gasteiger partial charge on any atom is -0.394 e. The van der Waals surface area contributed by atoms with E-state index in [4.69, 9.17) is 0 Å². The lowest BCUT2D eigenvalue weighted by atomic mass is 10.1. The maximum atomic E-state index is 12.1. The third kappa shape index (κ3) is 4.10. The molecule has 0 saturated carbocycles. The van der Waals surface area contributed by atoms with Crippen molar-refractivity contribution in [2.45, 2.75) is 19.4 Å². The number of imidazole rings is 1. The molecule has 128 valence electrons. The van der Waals surface area contributed by atoms with E-state index in [9.17, 15) is 9.90 Å². The van der Waals surface area contributed by atoms with Crippen LogP contribution in [0.15, 0.2) is 61.2 Å². The summed E-state index contributed by atoms with van der Waals surface area (Å²) in [4.78, 5) is 20.3. The number of aliphatic hydroxyl groups is 1. The average Bonchev–Trinajstić information content (AvgIpc) is 3.04. The van der Waals surface area contributed by atoms with Crippen molar-refractivity contribution in [3.05, 3.63) is 78.1 Å². The molecule has 0 fully saturated rings. The predicted octanol–water partition coefficient (Wildman–Crippen LogP) is 2.35. The van der Waals surface area contributed by atoms with Crippen molar-refractivity contribution in [2.24, 2.45) is 0 Å². The molecule has 0 bridgehead atoms. The van der Waals surface area contributed by atoms with Gasteiger partial charge in [0.25, 0.3) is 0 Å². The molecule has 2 heterocycles. The molecule has 6 heteroatoms. The number of rotatable bonds is 6. The molecule has 0 aliphatic rings. The molecule has 25 heavy (non-hydrogen) atoms. The van der Waals surface area contributed by atoms with E-state index in [0.717, 1.165) is 22.6 Å². The van der Waals surface area contributed by atoms with Gasteiger partial charge in [0.05, 0.1) is 19.1 Å². The molecule has 0 saturated heterocycles. The van der Waals surface area contributed by atoms with Crippen LogP contribution in [-0.2, 0) is 11.2 Å². The zero-order valence-corrected chi connectivity index (χ0v) is 14.0. The summed E-state index contributed by atoms with van der Waals surface area (Å²) in [5.74, 6) is 0.748. The van der Waals surface area contributed by atoms with Crippen LogP contribution in [0.1, 0.15) is 23.0 Å². The number of carbonyl (C=O) groups is 1. The lowest BCUT2D eigenvalue weighted by molar-refractivity contribution is -0.115. The molecular formula is C19H20N4O2. The molecule has 2 N–H and O–H groups in total. The van der Waals surface area contributed by atoms with Crippen LogP contribution in [0.5, 0.6) is 0 Å². The van der Waals surface area contributed by atoms with Gasteiger partial charge in [-0.15, -0.1) is 0 Å². The Kier molecular flexibility index (Phi) is 5.20. The average molecular weight is 336 g/mol. The fourth-order valence-electron chi connectivity index (χ4n) is 2.75. The van der Waals surface area contributed by atoms with E-state index in [0.29, 0.717) is 0 Å². The van der Waals surface area contributed by atoms with E-state index in [1.165, 1.54) is 0 Å². The normalized spacial score (nSPS) is 11.9. The van der Waals surface area contributed by atoms with Gasteiger partial charge >= 0.3 is 0 Å². The number of nitrogens with one attached hydrogen (secondary N) is 1. The summed E-state index contributed by atoms with van der Waals surface area (Å²) < 4.78 is 1.93. The Bertz CT molecular complexity index is 828. The molecular weight excluding hydrogens is 316 g/mol. The van der Waals surface area contributed by atoms with Gasteiger partial charge in [0.15, 0.2) is 0 Å². The fourth-order valence-corrected chi connectivity index (χ4v) is 2.75. The zero-order chi connectivity index (χ0) is 17.6. The van der Waals surface area contributed by atoms with Crippen LogP contribution in [0.3, 0.4) is 0 Å². The van der Waals surface area contributed by atoms with E-state index in [1.54, 1.807) is 18.6 Å². The van der Waals surface area contributed by atoms with Gasteiger partial charge in [-0.1, -0.05) is 18.2 Å². The maximum absolute atomic E-state index is 12.1. The van der Waals surface area contributed by atoms with E-state index in [2.05, 4.69) is 15.3 Å². The number of benzene rings is 1. The zero-order valence-electron chi connectivity index (χ0n) is 14.0. The first kappa shape index (κ1) is 16.9. The van der Waals surface area contributed by atoms with E-state index >= 15 is 0 Å². The molecule has 2 aromatic heterocycles. The van der Waals surface area contributed by atoms with Crippen molar-refractivity contribution < 1.29 is 9.90 Å².